The second kappa shape index (κ2) is 6.44. The van der Waals surface area contributed by atoms with Gasteiger partial charge < -0.3 is 0 Å². The Balaban J connectivity index is 2.25. The first-order chi connectivity index (χ1) is 6.79. The highest BCUT2D eigenvalue weighted by Crippen LogP contribution is 2.06. The van der Waals surface area contributed by atoms with Crippen LogP contribution in [0.1, 0.15) is 18.9 Å². The molecule has 0 amide bonds. The van der Waals surface area contributed by atoms with E-state index < -0.39 is 0 Å². The summed E-state index contributed by atoms with van der Waals surface area (Å²) in [5.41, 5.74) is 1.21. The Labute approximate surface area is 89.2 Å². The molecule has 0 bridgehead atoms. The van der Waals surface area contributed by atoms with Gasteiger partial charge in [0.15, 0.2) is 5.12 Å². The molecule has 0 aliphatic heterocycles. The molecule has 1 nitrogen and oxygen atoms in total. The minimum absolute atomic E-state index is 0.193. The monoisotopic (exact) mass is 206 g/mol. The molecular formula is C12H14OS. The number of carbonyl (C=O) groups excluding carboxylic acids is 1. The Morgan fingerprint density at radius 3 is 2.71 bits per heavy atom. The SMILES string of the molecule is CC(=O)SCCC=Cc1ccccc1. The van der Waals surface area contributed by atoms with E-state index in [1.165, 1.54) is 17.3 Å². The maximum absolute atomic E-state index is 10.6. The summed E-state index contributed by atoms with van der Waals surface area (Å²) in [5.74, 6) is 0.874. The largest absolute Gasteiger partial charge is 0.288 e. The van der Waals surface area contributed by atoms with Crippen LogP contribution in [0.5, 0.6) is 0 Å². The van der Waals surface area contributed by atoms with Crippen LogP contribution in [0.2, 0.25) is 0 Å². The summed E-state index contributed by atoms with van der Waals surface area (Å²) in [6.45, 7) is 1.60. The van der Waals surface area contributed by atoms with E-state index >= 15 is 0 Å². The quantitative estimate of drug-likeness (QED) is 0.703. The van der Waals surface area contributed by atoms with Crippen molar-refractivity contribution in [3.63, 3.8) is 0 Å². The van der Waals surface area contributed by atoms with E-state index in [0.717, 1.165) is 12.2 Å². The molecule has 0 aliphatic rings. The molecule has 14 heavy (non-hydrogen) atoms. The average molecular weight is 206 g/mol. The third-order valence-corrected chi connectivity index (χ3v) is 2.55. The maximum atomic E-state index is 10.6. The lowest BCUT2D eigenvalue weighted by molar-refractivity contribution is -0.109. The van der Waals surface area contributed by atoms with Crippen molar-refractivity contribution in [1.82, 2.24) is 0 Å². The normalized spacial score (nSPS) is 10.6. The number of hydrogen-bond donors (Lipinski definition) is 0. The molecule has 0 fully saturated rings. The number of thioether (sulfide) groups is 1. The van der Waals surface area contributed by atoms with E-state index in [1.54, 1.807) is 6.92 Å². The van der Waals surface area contributed by atoms with E-state index in [9.17, 15) is 4.79 Å². The van der Waals surface area contributed by atoms with Crippen molar-refractivity contribution in [2.45, 2.75) is 13.3 Å². The Bertz CT molecular complexity index is 303. The minimum Gasteiger partial charge on any atom is -0.288 e. The van der Waals surface area contributed by atoms with Gasteiger partial charge in [0.25, 0.3) is 0 Å². The van der Waals surface area contributed by atoms with Crippen molar-refractivity contribution in [2.75, 3.05) is 5.75 Å². The molecular weight excluding hydrogens is 192 g/mol. The summed E-state index contributed by atoms with van der Waals surface area (Å²) in [4.78, 5) is 10.6. The first-order valence-corrected chi connectivity index (χ1v) is 5.62. The van der Waals surface area contributed by atoms with Crippen LogP contribution in [-0.4, -0.2) is 10.9 Å². The molecule has 0 radical (unpaired) electrons. The molecule has 0 saturated carbocycles. The maximum Gasteiger partial charge on any atom is 0.185 e. The predicted octanol–water partition coefficient (Wildman–Crippen LogP) is 3.37. The van der Waals surface area contributed by atoms with E-state index in [-0.39, 0.29) is 5.12 Å². The molecule has 0 aliphatic carbocycles. The van der Waals surface area contributed by atoms with E-state index in [1.807, 2.05) is 18.2 Å². The molecule has 0 N–H and O–H groups in total. The van der Waals surface area contributed by atoms with Crippen molar-refractivity contribution >= 4 is 23.0 Å². The molecule has 0 aromatic heterocycles. The summed E-state index contributed by atoms with van der Waals surface area (Å²) in [6, 6.07) is 10.2. The van der Waals surface area contributed by atoms with Gasteiger partial charge in [-0.25, -0.2) is 0 Å². The van der Waals surface area contributed by atoms with Crippen LogP contribution < -0.4 is 0 Å². The van der Waals surface area contributed by atoms with Gasteiger partial charge in [-0.15, -0.1) is 0 Å². The first-order valence-electron chi connectivity index (χ1n) is 4.64. The summed E-state index contributed by atoms with van der Waals surface area (Å²) in [6.07, 6.45) is 5.13. The van der Waals surface area contributed by atoms with Gasteiger partial charge in [0.05, 0.1) is 0 Å². The van der Waals surface area contributed by atoms with Gasteiger partial charge in [0.2, 0.25) is 0 Å². The van der Waals surface area contributed by atoms with Crippen molar-refractivity contribution in [3.8, 4) is 0 Å². The molecule has 1 aromatic carbocycles. The Hall–Kier alpha value is -1.02. The molecule has 74 valence electrons. The Morgan fingerprint density at radius 2 is 2.07 bits per heavy atom. The zero-order chi connectivity index (χ0) is 10.2. The van der Waals surface area contributed by atoms with E-state index in [2.05, 4.69) is 24.3 Å². The van der Waals surface area contributed by atoms with Gasteiger partial charge in [0, 0.05) is 12.7 Å². The summed E-state index contributed by atoms with van der Waals surface area (Å²) < 4.78 is 0. The van der Waals surface area contributed by atoms with Crippen LogP contribution in [-0.2, 0) is 4.79 Å². The first kappa shape index (κ1) is 11.1. The number of benzene rings is 1. The van der Waals surface area contributed by atoms with Gasteiger partial charge in [0.1, 0.15) is 0 Å². The molecule has 1 aromatic rings. The Kier molecular flexibility index (Phi) is 5.08. The van der Waals surface area contributed by atoms with Crippen molar-refractivity contribution in [3.05, 3.63) is 42.0 Å². The fraction of sp³-hybridized carbons (Fsp3) is 0.250. The highest BCUT2D eigenvalue weighted by Gasteiger charge is 1.90. The van der Waals surface area contributed by atoms with Crippen LogP contribution in [0, 0.1) is 0 Å². The smallest absolute Gasteiger partial charge is 0.185 e. The number of rotatable bonds is 4. The van der Waals surface area contributed by atoms with Crippen LogP contribution in [0.15, 0.2) is 36.4 Å². The Morgan fingerprint density at radius 1 is 1.36 bits per heavy atom. The standard InChI is InChI=1S/C12H14OS/c1-11(13)14-10-6-5-9-12-7-3-2-4-8-12/h2-5,7-9H,6,10H2,1H3. The topological polar surface area (TPSA) is 17.1 Å². The third kappa shape index (κ3) is 4.87. The zero-order valence-electron chi connectivity index (χ0n) is 8.27. The highest BCUT2D eigenvalue weighted by molar-refractivity contribution is 8.13. The number of allylic oxidation sites excluding steroid dienone is 1. The fourth-order valence-corrected chi connectivity index (χ4v) is 1.60. The fourth-order valence-electron chi connectivity index (χ4n) is 1.05. The number of carbonyl (C=O) groups is 1. The predicted molar refractivity (Wildman–Crippen MR) is 63.2 cm³/mol. The average Bonchev–Trinajstić information content (AvgIpc) is 2.18. The highest BCUT2D eigenvalue weighted by atomic mass is 32.2. The van der Waals surface area contributed by atoms with Crippen LogP contribution >= 0.6 is 11.8 Å². The molecule has 0 heterocycles. The van der Waals surface area contributed by atoms with Gasteiger partial charge in [-0.2, -0.15) is 0 Å². The van der Waals surface area contributed by atoms with Crippen molar-refractivity contribution < 1.29 is 4.79 Å². The lowest BCUT2D eigenvalue weighted by atomic mass is 10.2. The summed E-state index contributed by atoms with van der Waals surface area (Å²) >= 11 is 1.38. The van der Waals surface area contributed by atoms with Crippen molar-refractivity contribution in [2.24, 2.45) is 0 Å². The second-order valence-corrected chi connectivity index (χ2v) is 4.21. The second-order valence-electron chi connectivity index (χ2n) is 2.94. The molecule has 0 unspecified atom stereocenters. The summed E-state index contributed by atoms with van der Waals surface area (Å²) in [7, 11) is 0. The van der Waals surface area contributed by atoms with Crippen LogP contribution in [0.4, 0.5) is 0 Å². The molecule has 0 spiro atoms. The third-order valence-electron chi connectivity index (χ3n) is 1.70. The zero-order valence-corrected chi connectivity index (χ0v) is 9.09. The molecule has 0 atom stereocenters. The molecule has 2 heteroatoms. The van der Waals surface area contributed by atoms with Crippen LogP contribution in [0.3, 0.4) is 0 Å². The van der Waals surface area contributed by atoms with Crippen LogP contribution in [0.25, 0.3) is 6.08 Å². The van der Waals surface area contributed by atoms with Gasteiger partial charge in [-0.05, 0) is 12.0 Å². The van der Waals surface area contributed by atoms with E-state index in [0.29, 0.717) is 0 Å². The lowest BCUT2D eigenvalue weighted by Gasteiger charge is -1.92. The molecule has 0 saturated heterocycles. The number of hydrogen-bond acceptors (Lipinski definition) is 2. The summed E-state index contributed by atoms with van der Waals surface area (Å²) in [5, 5.41) is 0.193. The van der Waals surface area contributed by atoms with Gasteiger partial charge >= 0.3 is 0 Å². The van der Waals surface area contributed by atoms with E-state index in [4.69, 9.17) is 0 Å². The molecule has 1 rings (SSSR count). The van der Waals surface area contributed by atoms with Gasteiger partial charge in [-0.1, -0.05) is 54.2 Å². The minimum atomic E-state index is 0.193. The van der Waals surface area contributed by atoms with Crippen molar-refractivity contribution in [1.29, 1.82) is 0 Å². The lowest BCUT2D eigenvalue weighted by Crippen LogP contribution is -1.83. The van der Waals surface area contributed by atoms with Gasteiger partial charge in [-0.3, -0.25) is 4.79 Å².